The molecule has 0 aliphatic rings. The van der Waals surface area contributed by atoms with Crippen molar-refractivity contribution in [3.05, 3.63) is 35.4 Å². The molecule has 19 heavy (non-hydrogen) atoms. The molecule has 0 spiro atoms. The highest BCUT2D eigenvalue weighted by Gasteiger charge is 2.29. The summed E-state index contributed by atoms with van der Waals surface area (Å²) in [5.74, 6) is -0.235. The molecule has 6 heteroatoms. The molecule has 0 fully saturated rings. The van der Waals surface area contributed by atoms with Crippen LogP contribution in [-0.2, 0) is 17.4 Å². The summed E-state index contributed by atoms with van der Waals surface area (Å²) >= 11 is 0. The number of hydrogen-bond acceptors (Lipinski definition) is 2. The van der Waals surface area contributed by atoms with Crippen LogP contribution in [0, 0.1) is 0 Å². The molecule has 1 amide bonds. The maximum atomic E-state index is 12.3. The Morgan fingerprint density at radius 3 is 2.37 bits per heavy atom. The Morgan fingerprint density at radius 2 is 1.89 bits per heavy atom. The van der Waals surface area contributed by atoms with Crippen molar-refractivity contribution in [1.82, 2.24) is 5.32 Å². The van der Waals surface area contributed by atoms with Crippen molar-refractivity contribution in [3.63, 3.8) is 0 Å². The van der Waals surface area contributed by atoms with Crippen LogP contribution in [0.3, 0.4) is 0 Å². The monoisotopic (exact) mass is 275 g/mol. The third-order valence-corrected chi connectivity index (χ3v) is 2.52. The number of aliphatic hydroxyl groups excluding tert-OH is 1. The molecule has 0 saturated heterocycles. The first-order chi connectivity index (χ1) is 8.79. The van der Waals surface area contributed by atoms with Gasteiger partial charge in [0, 0.05) is 13.0 Å². The highest BCUT2D eigenvalue weighted by Crippen LogP contribution is 2.29. The SMILES string of the molecule is CC(O)CNC(=O)CCc1ccc(C(F)(F)F)cc1. The average molecular weight is 275 g/mol. The smallest absolute Gasteiger partial charge is 0.392 e. The Hall–Kier alpha value is -1.56. The zero-order valence-electron chi connectivity index (χ0n) is 10.5. The molecule has 0 aromatic heterocycles. The summed E-state index contributed by atoms with van der Waals surface area (Å²) in [6, 6.07) is 4.74. The standard InChI is InChI=1S/C13H16F3NO2/c1-9(18)8-17-12(19)7-4-10-2-5-11(6-3-10)13(14,15)16/h2-3,5-6,9,18H,4,7-8H2,1H3,(H,17,19). The highest BCUT2D eigenvalue weighted by molar-refractivity contribution is 5.76. The van der Waals surface area contributed by atoms with Crippen LogP contribution in [0.4, 0.5) is 13.2 Å². The van der Waals surface area contributed by atoms with E-state index in [1.165, 1.54) is 12.1 Å². The van der Waals surface area contributed by atoms with E-state index in [4.69, 9.17) is 5.11 Å². The minimum Gasteiger partial charge on any atom is -0.392 e. The van der Waals surface area contributed by atoms with Crippen molar-refractivity contribution in [2.24, 2.45) is 0 Å². The minimum atomic E-state index is -4.34. The predicted molar refractivity (Wildman–Crippen MR) is 64.5 cm³/mol. The Bertz CT molecular complexity index is 413. The Labute approximate surface area is 109 Å². The van der Waals surface area contributed by atoms with Crippen molar-refractivity contribution in [3.8, 4) is 0 Å². The third kappa shape index (κ3) is 5.74. The van der Waals surface area contributed by atoms with Crippen molar-refractivity contribution in [2.75, 3.05) is 6.54 Å². The Morgan fingerprint density at radius 1 is 1.32 bits per heavy atom. The summed E-state index contributed by atoms with van der Waals surface area (Å²) in [6.45, 7) is 1.72. The van der Waals surface area contributed by atoms with Gasteiger partial charge in [-0.3, -0.25) is 4.79 Å². The average Bonchev–Trinajstić information content (AvgIpc) is 2.33. The van der Waals surface area contributed by atoms with Gasteiger partial charge in [0.05, 0.1) is 11.7 Å². The van der Waals surface area contributed by atoms with Gasteiger partial charge in [-0.2, -0.15) is 13.2 Å². The van der Waals surface area contributed by atoms with Crippen molar-refractivity contribution in [2.45, 2.75) is 32.0 Å². The molecular formula is C13H16F3NO2. The second-order valence-corrected chi connectivity index (χ2v) is 4.35. The summed E-state index contributed by atoms with van der Waals surface area (Å²) in [4.78, 5) is 11.3. The molecule has 3 nitrogen and oxygen atoms in total. The normalized spacial score (nSPS) is 13.1. The fourth-order valence-electron chi connectivity index (χ4n) is 1.47. The van der Waals surface area contributed by atoms with Crippen LogP contribution < -0.4 is 5.32 Å². The summed E-state index contributed by atoms with van der Waals surface area (Å²) in [6.07, 6.45) is -4.41. The summed E-state index contributed by atoms with van der Waals surface area (Å²) < 4.78 is 37.0. The van der Waals surface area contributed by atoms with Crippen LogP contribution in [0.2, 0.25) is 0 Å². The number of halogens is 3. The molecule has 0 radical (unpaired) electrons. The van der Waals surface area contributed by atoms with Gasteiger partial charge in [-0.05, 0) is 31.0 Å². The van der Waals surface area contributed by atoms with Gasteiger partial charge in [0.2, 0.25) is 5.91 Å². The molecule has 0 saturated carbocycles. The van der Waals surface area contributed by atoms with Gasteiger partial charge in [0.1, 0.15) is 0 Å². The lowest BCUT2D eigenvalue weighted by Gasteiger charge is -2.08. The number of alkyl halides is 3. The molecule has 0 aliphatic carbocycles. The van der Waals surface area contributed by atoms with Crippen LogP contribution in [0.1, 0.15) is 24.5 Å². The Kier molecular flexibility index (Phi) is 5.35. The molecular weight excluding hydrogens is 259 g/mol. The quantitative estimate of drug-likeness (QED) is 0.865. The third-order valence-electron chi connectivity index (χ3n) is 2.52. The number of nitrogens with one attached hydrogen (secondary N) is 1. The maximum absolute atomic E-state index is 12.3. The molecule has 0 bridgehead atoms. The fourth-order valence-corrected chi connectivity index (χ4v) is 1.47. The summed E-state index contributed by atoms with van der Waals surface area (Å²) in [7, 11) is 0. The summed E-state index contributed by atoms with van der Waals surface area (Å²) in [5, 5.41) is 11.5. The number of amides is 1. The molecule has 1 aromatic carbocycles. The van der Waals surface area contributed by atoms with E-state index in [1.54, 1.807) is 6.92 Å². The highest BCUT2D eigenvalue weighted by atomic mass is 19.4. The van der Waals surface area contributed by atoms with Gasteiger partial charge in [0.25, 0.3) is 0 Å². The first kappa shape index (κ1) is 15.5. The first-order valence-corrected chi connectivity index (χ1v) is 5.90. The van der Waals surface area contributed by atoms with Crippen LogP contribution in [-0.4, -0.2) is 23.7 Å². The van der Waals surface area contributed by atoms with E-state index < -0.39 is 17.8 Å². The molecule has 2 N–H and O–H groups in total. The van der Waals surface area contributed by atoms with E-state index in [9.17, 15) is 18.0 Å². The predicted octanol–water partition coefficient (Wildman–Crippen LogP) is 2.14. The van der Waals surface area contributed by atoms with Gasteiger partial charge >= 0.3 is 6.18 Å². The summed E-state index contributed by atoms with van der Waals surface area (Å²) in [5.41, 5.74) is -0.0324. The number of carbonyl (C=O) groups is 1. The van der Waals surface area contributed by atoms with Gasteiger partial charge < -0.3 is 10.4 Å². The maximum Gasteiger partial charge on any atom is 0.416 e. The number of benzene rings is 1. The van der Waals surface area contributed by atoms with Crippen LogP contribution in [0.25, 0.3) is 0 Å². The molecule has 106 valence electrons. The second-order valence-electron chi connectivity index (χ2n) is 4.35. The van der Waals surface area contributed by atoms with Gasteiger partial charge in [-0.25, -0.2) is 0 Å². The lowest BCUT2D eigenvalue weighted by molar-refractivity contribution is -0.137. The van der Waals surface area contributed by atoms with E-state index in [0.29, 0.717) is 12.0 Å². The Balaban J connectivity index is 2.44. The molecule has 1 rings (SSSR count). The molecule has 0 heterocycles. The van der Waals surface area contributed by atoms with Gasteiger partial charge in [-0.15, -0.1) is 0 Å². The second kappa shape index (κ2) is 6.56. The lowest BCUT2D eigenvalue weighted by Crippen LogP contribution is -2.30. The molecule has 1 atom stereocenters. The van der Waals surface area contributed by atoms with Crippen LogP contribution >= 0.6 is 0 Å². The largest absolute Gasteiger partial charge is 0.416 e. The minimum absolute atomic E-state index is 0.172. The van der Waals surface area contributed by atoms with Crippen molar-refractivity contribution >= 4 is 5.91 Å². The van der Waals surface area contributed by atoms with Crippen LogP contribution in [0.15, 0.2) is 24.3 Å². The zero-order chi connectivity index (χ0) is 14.5. The van der Waals surface area contributed by atoms with E-state index in [-0.39, 0.29) is 18.9 Å². The fraction of sp³-hybridized carbons (Fsp3) is 0.462. The number of rotatable bonds is 5. The van der Waals surface area contributed by atoms with E-state index in [0.717, 1.165) is 12.1 Å². The van der Waals surface area contributed by atoms with Crippen molar-refractivity contribution < 1.29 is 23.1 Å². The molecule has 0 aliphatic heterocycles. The topological polar surface area (TPSA) is 49.3 Å². The van der Waals surface area contributed by atoms with Crippen LogP contribution in [0.5, 0.6) is 0 Å². The molecule has 1 aromatic rings. The lowest BCUT2D eigenvalue weighted by atomic mass is 10.1. The van der Waals surface area contributed by atoms with E-state index >= 15 is 0 Å². The number of aliphatic hydroxyl groups is 1. The number of aryl methyl sites for hydroxylation is 1. The first-order valence-electron chi connectivity index (χ1n) is 5.90. The van der Waals surface area contributed by atoms with E-state index in [1.807, 2.05) is 0 Å². The number of hydrogen-bond donors (Lipinski definition) is 2. The van der Waals surface area contributed by atoms with Gasteiger partial charge in [0.15, 0.2) is 0 Å². The van der Waals surface area contributed by atoms with E-state index in [2.05, 4.69) is 5.32 Å². The van der Waals surface area contributed by atoms with Crippen molar-refractivity contribution in [1.29, 1.82) is 0 Å². The number of carbonyl (C=O) groups excluding carboxylic acids is 1. The van der Waals surface area contributed by atoms with Gasteiger partial charge in [-0.1, -0.05) is 12.1 Å². The molecule has 1 unspecified atom stereocenters. The zero-order valence-corrected chi connectivity index (χ0v) is 10.5.